The molecule has 1 aromatic rings. The van der Waals surface area contributed by atoms with E-state index in [0.717, 1.165) is 31.5 Å². The molecule has 1 aromatic carbocycles. The molecule has 0 heterocycles. The molecule has 0 spiro atoms. The van der Waals surface area contributed by atoms with Gasteiger partial charge < -0.3 is 5.32 Å². The normalized spacial score (nSPS) is 11.8. The smallest absolute Gasteiger partial charge is 0.316 e. The molecule has 0 atom stereocenters. The van der Waals surface area contributed by atoms with Crippen molar-refractivity contribution in [3.8, 4) is 0 Å². The van der Waals surface area contributed by atoms with Crippen molar-refractivity contribution in [2.75, 3.05) is 13.1 Å². The van der Waals surface area contributed by atoms with Gasteiger partial charge in [-0.1, -0.05) is 19.1 Å². The molecule has 96 valence electrons. The van der Waals surface area contributed by atoms with E-state index in [1.165, 1.54) is 12.1 Å². The number of hydrogen-bond donors (Lipinski definition) is 1. The highest BCUT2D eigenvalue weighted by Gasteiger charge is 2.28. The van der Waals surface area contributed by atoms with Crippen LogP contribution in [0.25, 0.3) is 0 Å². The zero-order chi connectivity index (χ0) is 12.7. The number of alkyl halides is 3. The molecule has 0 amide bonds. The molecule has 0 saturated heterocycles. The lowest BCUT2D eigenvalue weighted by Gasteiger charge is -2.07. The van der Waals surface area contributed by atoms with Crippen molar-refractivity contribution in [2.24, 2.45) is 0 Å². The van der Waals surface area contributed by atoms with E-state index in [9.17, 15) is 13.2 Å². The van der Waals surface area contributed by atoms with Gasteiger partial charge in [-0.2, -0.15) is 13.2 Å². The van der Waals surface area contributed by atoms with Crippen LogP contribution in [-0.4, -0.2) is 18.6 Å². The fraction of sp³-hybridized carbons (Fsp3) is 0.500. The molecule has 1 nitrogen and oxygen atoms in total. The summed E-state index contributed by atoms with van der Waals surface area (Å²) in [6.45, 7) is 3.93. The third-order valence-electron chi connectivity index (χ3n) is 2.17. The van der Waals surface area contributed by atoms with Crippen LogP contribution in [-0.2, 0) is 6.42 Å². The van der Waals surface area contributed by atoms with Crippen LogP contribution in [0.5, 0.6) is 0 Å². The van der Waals surface area contributed by atoms with Crippen LogP contribution in [0.15, 0.2) is 29.2 Å². The Morgan fingerprint density at radius 3 is 2.29 bits per heavy atom. The van der Waals surface area contributed by atoms with Gasteiger partial charge in [0, 0.05) is 4.90 Å². The predicted molar refractivity (Wildman–Crippen MR) is 65.2 cm³/mol. The van der Waals surface area contributed by atoms with Crippen molar-refractivity contribution >= 4 is 11.8 Å². The van der Waals surface area contributed by atoms with E-state index in [-0.39, 0.29) is 16.7 Å². The summed E-state index contributed by atoms with van der Waals surface area (Å²) in [5.41, 5.74) is -3.15. The number of nitrogens with one attached hydrogen (secondary N) is 1. The first-order chi connectivity index (χ1) is 8.01. The van der Waals surface area contributed by atoms with Crippen molar-refractivity contribution in [3.63, 3.8) is 0 Å². The highest BCUT2D eigenvalue weighted by atomic mass is 32.2. The summed E-state index contributed by atoms with van der Waals surface area (Å²) in [5, 5.41) is 3.25. The van der Waals surface area contributed by atoms with Crippen molar-refractivity contribution in [1.29, 1.82) is 0 Å². The standard InChI is InChI=1S/C12H16F3NS/c1-2-8-16-9-7-10-3-5-11(6-4-10)17-12(13,14)15/h3-6,16H,2,7-9H2,1H3. The molecule has 0 radical (unpaired) electrons. The molecule has 0 aromatic heterocycles. The largest absolute Gasteiger partial charge is 0.446 e. The average Bonchev–Trinajstić information content (AvgIpc) is 2.25. The minimum atomic E-state index is -4.20. The minimum absolute atomic E-state index is 0.0742. The molecule has 0 bridgehead atoms. The highest BCUT2D eigenvalue weighted by molar-refractivity contribution is 8.00. The van der Waals surface area contributed by atoms with Crippen LogP contribution < -0.4 is 5.32 Å². The molecule has 1 N–H and O–H groups in total. The maximum absolute atomic E-state index is 12.1. The summed E-state index contributed by atoms with van der Waals surface area (Å²) in [6.07, 6.45) is 1.93. The zero-order valence-corrected chi connectivity index (χ0v) is 10.5. The zero-order valence-electron chi connectivity index (χ0n) is 9.68. The highest BCUT2D eigenvalue weighted by Crippen LogP contribution is 2.36. The molecule has 5 heteroatoms. The minimum Gasteiger partial charge on any atom is -0.316 e. The third kappa shape index (κ3) is 6.58. The fourth-order valence-electron chi connectivity index (χ4n) is 1.39. The lowest BCUT2D eigenvalue weighted by molar-refractivity contribution is -0.0328. The Morgan fingerprint density at radius 2 is 1.76 bits per heavy atom. The van der Waals surface area contributed by atoms with Crippen molar-refractivity contribution in [3.05, 3.63) is 29.8 Å². The van der Waals surface area contributed by atoms with E-state index < -0.39 is 5.51 Å². The Hall–Kier alpha value is -0.680. The molecule has 0 aliphatic rings. The Bertz CT molecular complexity index is 322. The number of benzene rings is 1. The van der Waals surface area contributed by atoms with Crippen molar-refractivity contribution < 1.29 is 13.2 Å². The van der Waals surface area contributed by atoms with Gasteiger partial charge in [0.2, 0.25) is 0 Å². The van der Waals surface area contributed by atoms with Crippen LogP contribution in [0.4, 0.5) is 13.2 Å². The average molecular weight is 263 g/mol. The van der Waals surface area contributed by atoms with Gasteiger partial charge in [0.1, 0.15) is 0 Å². The van der Waals surface area contributed by atoms with E-state index >= 15 is 0 Å². The Labute approximate surface area is 104 Å². The number of hydrogen-bond acceptors (Lipinski definition) is 2. The molecule has 0 fully saturated rings. The molecule has 0 unspecified atom stereocenters. The quantitative estimate of drug-likeness (QED) is 0.618. The van der Waals surface area contributed by atoms with E-state index in [2.05, 4.69) is 12.2 Å². The third-order valence-corrected chi connectivity index (χ3v) is 2.91. The molecule has 0 saturated carbocycles. The van der Waals surface area contributed by atoms with Crippen LogP contribution >= 0.6 is 11.8 Å². The van der Waals surface area contributed by atoms with Gasteiger partial charge in [0.15, 0.2) is 0 Å². The van der Waals surface area contributed by atoms with Crippen molar-refractivity contribution in [1.82, 2.24) is 5.32 Å². The Kier molecular flexibility index (Phi) is 5.85. The molecule has 17 heavy (non-hydrogen) atoms. The van der Waals surface area contributed by atoms with Gasteiger partial charge in [-0.25, -0.2) is 0 Å². The van der Waals surface area contributed by atoms with Gasteiger partial charge in [-0.15, -0.1) is 0 Å². The molecule has 1 rings (SSSR count). The van der Waals surface area contributed by atoms with Gasteiger partial charge in [-0.3, -0.25) is 0 Å². The first-order valence-electron chi connectivity index (χ1n) is 5.56. The Balaban J connectivity index is 2.39. The van der Waals surface area contributed by atoms with Gasteiger partial charge in [-0.05, 0) is 55.4 Å². The number of rotatable bonds is 6. The monoisotopic (exact) mass is 263 g/mol. The first-order valence-corrected chi connectivity index (χ1v) is 6.38. The van der Waals surface area contributed by atoms with Crippen molar-refractivity contribution in [2.45, 2.75) is 30.2 Å². The number of halogens is 3. The topological polar surface area (TPSA) is 12.0 Å². The lowest BCUT2D eigenvalue weighted by Crippen LogP contribution is -2.17. The van der Waals surface area contributed by atoms with E-state index in [0.29, 0.717) is 0 Å². The molecular weight excluding hydrogens is 247 g/mol. The van der Waals surface area contributed by atoms with E-state index in [4.69, 9.17) is 0 Å². The maximum Gasteiger partial charge on any atom is 0.446 e. The fourth-order valence-corrected chi connectivity index (χ4v) is 1.93. The first kappa shape index (κ1) is 14.4. The van der Waals surface area contributed by atoms with E-state index in [1.54, 1.807) is 12.1 Å². The Morgan fingerprint density at radius 1 is 1.12 bits per heavy atom. The second-order valence-corrected chi connectivity index (χ2v) is 4.83. The summed E-state index contributed by atoms with van der Waals surface area (Å²) >= 11 is -0.0742. The van der Waals surface area contributed by atoms with Crippen LogP contribution in [0.2, 0.25) is 0 Å². The second-order valence-electron chi connectivity index (χ2n) is 3.69. The summed E-state index contributed by atoms with van der Waals surface area (Å²) < 4.78 is 36.2. The SMILES string of the molecule is CCCNCCc1ccc(SC(F)(F)F)cc1. The molecule has 0 aliphatic carbocycles. The molecule has 0 aliphatic heterocycles. The van der Waals surface area contributed by atoms with E-state index in [1.807, 2.05) is 0 Å². The van der Waals surface area contributed by atoms with Crippen LogP contribution in [0.3, 0.4) is 0 Å². The summed E-state index contributed by atoms with van der Waals surface area (Å²) in [6, 6.07) is 6.55. The lowest BCUT2D eigenvalue weighted by atomic mass is 10.1. The van der Waals surface area contributed by atoms with Gasteiger partial charge in [0.25, 0.3) is 0 Å². The van der Waals surface area contributed by atoms with Crippen LogP contribution in [0, 0.1) is 0 Å². The predicted octanol–water partition coefficient (Wildman–Crippen LogP) is 3.84. The summed E-state index contributed by atoms with van der Waals surface area (Å²) in [7, 11) is 0. The second kappa shape index (κ2) is 6.91. The molecular formula is C12H16F3NS. The summed E-state index contributed by atoms with van der Waals surface area (Å²) in [5.74, 6) is 0. The van der Waals surface area contributed by atoms with Gasteiger partial charge >= 0.3 is 5.51 Å². The maximum atomic E-state index is 12.1. The van der Waals surface area contributed by atoms with Gasteiger partial charge in [0.05, 0.1) is 0 Å². The number of thioether (sulfide) groups is 1. The summed E-state index contributed by atoms with van der Waals surface area (Å²) in [4.78, 5) is 0.239. The van der Waals surface area contributed by atoms with Crippen LogP contribution in [0.1, 0.15) is 18.9 Å².